The van der Waals surface area contributed by atoms with Gasteiger partial charge in [-0.05, 0) is 24.3 Å². The normalized spacial score (nSPS) is 15.6. The molecular weight excluding hydrogens is 296 g/mol. The van der Waals surface area contributed by atoms with Crippen molar-refractivity contribution in [2.24, 2.45) is 0 Å². The zero-order valence-corrected chi connectivity index (χ0v) is 12.6. The highest BCUT2D eigenvalue weighted by Gasteiger charge is 2.21. The number of anilines is 1. The smallest absolute Gasteiger partial charge is 0.274 e. The molecule has 120 valence electrons. The molecule has 1 aliphatic rings. The van der Waals surface area contributed by atoms with Crippen LogP contribution in [0.15, 0.2) is 42.7 Å². The molecule has 1 aromatic carbocycles. The van der Waals surface area contributed by atoms with E-state index in [-0.39, 0.29) is 11.4 Å². The summed E-state index contributed by atoms with van der Waals surface area (Å²) < 4.78 is 0. The van der Waals surface area contributed by atoms with E-state index < -0.39 is 4.92 Å². The van der Waals surface area contributed by atoms with Gasteiger partial charge in [0.05, 0.1) is 4.92 Å². The van der Waals surface area contributed by atoms with Crippen LogP contribution in [0.4, 0.5) is 11.4 Å². The Hall–Kier alpha value is -2.67. The van der Waals surface area contributed by atoms with Crippen LogP contribution in [0, 0.1) is 10.1 Å². The number of nitro groups is 1. The second kappa shape index (κ2) is 6.62. The Morgan fingerprint density at radius 3 is 2.48 bits per heavy atom. The molecule has 7 heteroatoms. The number of piperazine rings is 1. The second-order valence-corrected chi connectivity index (χ2v) is 5.54. The maximum Gasteiger partial charge on any atom is 0.274 e. The van der Waals surface area contributed by atoms with Gasteiger partial charge in [0.2, 0.25) is 0 Å². The first-order chi connectivity index (χ1) is 11.1. The molecule has 7 nitrogen and oxygen atoms in total. The van der Waals surface area contributed by atoms with Crippen LogP contribution < -0.4 is 4.90 Å². The van der Waals surface area contributed by atoms with E-state index in [1.54, 1.807) is 12.4 Å². The van der Waals surface area contributed by atoms with Gasteiger partial charge in [-0.15, -0.1) is 0 Å². The Labute approximate surface area is 133 Å². The molecule has 0 unspecified atom stereocenters. The molecule has 1 fully saturated rings. The first-order valence-electron chi connectivity index (χ1n) is 7.47. The van der Waals surface area contributed by atoms with Crippen molar-refractivity contribution < 1.29 is 10.0 Å². The molecule has 1 saturated heterocycles. The molecule has 2 aromatic rings. The van der Waals surface area contributed by atoms with Crippen molar-refractivity contribution >= 4 is 11.4 Å². The summed E-state index contributed by atoms with van der Waals surface area (Å²) >= 11 is 0. The van der Waals surface area contributed by atoms with Gasteiger partial charge in [-0.1, -0.05) is 0 Å². The molecule has 0 radical (unpaired) electrons. The Bertz CT molecular complexity index is 685. The van der Waals surface area contributed by atoms with Crippen molar-refractivity contribution in [2.45, 2.75) is 6.54 Å². The molecule has 2 heterocycles. The largest absolute Gasteiger partial charge is 0.508 e. The molecular formula is C16H18N4O3. The number of hydrogen-bond donors (Lipinski definition) is 1. The van der Waals surface area contributed by atoms with Crippen LogP contribution in [0.1, 0.15) is 5.56 Å². The molecule has 23 heavy (non-hydrogen) atoms. The number of nitrogens with zero attached hydrogens (tertiary/aromatic N) is 4. The zero-order chi connectivity index (χ0) is 16.2. The number of pyridine rings is 1. The topological polar surface area (TPSA) is 82.7 Å². The molecule has 3 rings (SSSR count). The summed E-state index contributed by atoms with van der Waals surface area (Å²) in [6.07, 6.45) is 3.55. The molecule has 0 amide bonds. The van der Waals surface area contributed by atoms with E-state index in [4.69, 9.17) is 0 Å². The lowest BCUT2D eigenvalue weighted by Crippen LogP contribution is -2.46. The third-order valence-corrected chi connectivity index (χ3v) is 4.05. The minimum atomic E-state index is -0.401. The van der Waals surface area contributed by atoms with Gasteiger partial charge in [-0.3, -0.25) is 20.0 Å². The van der Waals surface area contributed by atoms with E-state index in [1.807, 2.05) is 12.1 Å². The molecule has 0 aliphatic carbocycles. The number of hydrogen-bond acceptors (Lipinski definition) is 6. The van der Waals surface area contributed by atoms with Crippen LogP contribution in [-0.2, 0) is 6.54 Å². The molecule has 0 spiro atoms. The first kappa shape index (κ1) is 15.2. The van der Waals surface area contributed by atoms with Gasteiger partial charge in [-0.25, -0.2) is 0 Å². The van der Waals surface area contributed by atoms with Gasteiger partial charge in [0.25, 0.3) is 5.69 Å². The lowest BCUT2D eigenvalue weighted by Gasteiger charge is -2.36. The Morgan fingerprint density at radius 1 is 1.13 bits per heavy atom. The van der Waals surface area contributed by atoms with Crippen LogP contribution in [0.3, 0.4) is 0 Å². The van der Waals surface area contributed by atoms with Crippen molar-refractivity contribution in [3.05, 3.63) is 58.4 Å². The predicted molar refractivity (Wildman–Crippen MR) is 86.5 cm³/mol. The summed E-state index contributed by atoms with van der Waals surface area (Å²) in [5, 5.41) is 20.7. The van der Waals surface area contributed by atoms with Crippen LogP contribution in [0.2, 0.25) is 0 Å². The number of benzene rings is 1. The van der Waals surface area contributed by atoms with Crippen LogP contribution in [0.5, 0.6) is 5.75 Å². The van der Waals surface area contributed by atoms with Crippen molar-refractivity contribution in [3.63, 3.8) is 0 Å². The summed E-state index contributed by atoms with van der Waals surface area (Å²) in [6, 6.07) is 8.15. The minimum Gasteiger partial charge on any atom is -0.508 e. The highest BCUT2D eigenvalue weighted by atomic mass is 16.6. The monoisotopic (exact) mass is 314 g/mol. The second-order valence-electron chi connectivity index (χ2n) is 5.54. The van der Waals surface area contributed by atoms with E-state index in [0.717, 1.165) is 31.9 Å². The Kier molecular flexibility index (Phi) is 4.38. The maximum atomic E-state index is 11.1. The van der Waals surface area contributed by atoms with Crippen LogP contribution in [0.25, 0.3) is 0 Å². The van der Waals surface area contributed by atoms with Crippen LogP contribution >= 0.6 is 0 Å². The van der Waals surface area contributed by atoms with Crippen LogP contribution in [-0.4, -0.2) is 46.1 Å². The zero-order valence-electron chi connectivity index (χ0n) is 12.6. The van der Waals surface area contributed by atoms with Crippen molar-refractivity contribution in [3.8, 4) is 5.75 Å². The molecule has 1 aromatic heterocycles. The fourth-order valence-corrected chi connectivity index (χ4v) is 2.84. The first-order valence-corrected chi connectivity index (χ1v) is 7.47. The SMILES string of the molecule is O=[N+]([O-])c1ccc(O)cc1CN1CCN(c2ccncc2)CC1. The number of nitro benzene ring substituents is 1. The Morgan fingerprint density at radius 2 is 1.83 bits per heavy atom. The third-order valence-electron chi connectivity index (χ3n) is 4.05. The van der Waals surface area contributed by atoms with Gasteiger partial charge in [0.1, 0.15) is 5.75 Å². The highest BCUT2D eigenvalue weighted by Crippen LogP contribution is 2.25. The highest BCUT2D eigenvalue weighted by molar-refractivity contribution is 5.46. The van der Waals surface area contributed by atoms with E-state index in [0.29, 0.717) is 12.1 Å². The van der Waals surface area contributed by atoms with Gasteiger partial charge < -0.3 is 10.0 Å². The minimum absolute atomic E-state index is 0.0550. The average molecular weight is 314 g/mol. The number of phenolic OH excluding ortho intramolecular Hbond substituents is 1. The summed E-state index contributed by atoms with van der Waals surface area (Å²) in [5.74, 6) is 0.0565. The summed E-state index contributed by atoms with van der Waals surface area (Å²) in [7, 11) is 0. The fourth-order valence-electron chi connectivity index (χ4n) is 2.84. The lowest BCUT2D eigenvalue weighted by molar-refractivity contribution is -0.385. The van der Waals surface area contributed by atoms with E-state index in [2.05, 4.69) is 14.8 Å². The fraction of sp³-hybridized carbons (Fsp3) is 0.312. The van der Waals surface area contributed by atoms with Crippen molar-refractivity contribution in [1.82, 2.24) is 9.88 Å². The third kappa shape index (κ3) is 3.57. The number of aromatic hydroxyl groups is 1. The summed E-state index contributed by atoms with van der Waals surface area (Å²) in [6.45, 7) is 3.81. The molecule has 0 bridgehead atoms. The summed E-state index contributed by atoms with van der Waals surface area (Å²) in [4.78, 5) is 19.2. The number of phenols is 1. The molecule has 1 N–H and O–H groups in total. The maximum absolute atomic E-state index is 11.1. The van der Waals surface area contributed by atoms with Gasteiger partial charge >= 0.3 is 0 Å². The average Bonchev–Trinajstić information content (AvgIpc) is 2.56. The molecule has 1 aliphatic heterocycles. The molecule has 0 atom stereocenters. The molecule has 0 saturated carbocycles. The van der Waals surface area contributed by atoms with Gasteiger partial charge in [-0.2, -0.15) is 0 Å². The summed E-state index contributed by atoms with van der Waals surface area (Å²) in [5.41, 5.74) is 1.75. The van der Waals surface area contributed by atoms with Crippen molar-refractivity contribution in [2.75, 3.05) is 31.1 Å². The predicted octanol–water partition coefficient (Wildman–Crippen LogP) is 2.02. The van der Waals surface area contributed by atoms with Gasteiger partial charge in [0.15, 0.2) is 0 Å². The van der Waals surface area contributed by atoms with E-state index in [9.17, 15) is 15.2 Å². The van der Waals surface area contributed by atoms with E-state index in [1.165, 1.54) is 18.2 Å². The lowest BCUT2D eigenvalue weighted by atomic mass is 10.1. The number of rotatable bonds is 4. The van der Waals surface area contributed by atoms with Crippen molar-refractivity contribution in [1.29, 1.82) is 0 Å². The Balaban J connectivity index is 1.65. The standard InChI is InChI=1S/C16H18N4O3/c21-15-1-2-16(20(22)23)13(11-15)12-18-7-9-19(10-8-18)14-3-5-17-6-4-14/h1-6,11,21H,7-10,12H2. The number of aromatic nitrogens is 1. The van der Waals surface area contributed by atoms with Gasteiger partial charge in [0, 0.05) is 62.4 Å². The van der Waals surface area contributed by atoms with E-state index >= 15 is 0 Å². The quantitative estimate of drug-likeness (QED) is 0.686.